The number of carbonyl (C=O) groups is 2. The van der Waals surface area contributed by atoms with Crippen LogP contribution in [-0.2, 0) is 4.79 Å². The minimum absolute atomic E-state index is 0.0301. The molecule has 1 unspecified atom stereocenters. The molecule has 1 aliphatic heterocycles. The van der Waals surface area contributed by atoms with Gasteiger partial charge in [0.25, 0.3) is 5.91 Å². The highest BCUT2D eigenvalue weighted by molar-refractivity contribution is 6.04. The lowest BCUT2D eigenvalue weighted by atomic mass is 10.1. The largest absolute Gasteiger partial charge is 0.497 e. The van der Waals surface area contributed by atoms with Crippen LogP contribution in [0.5, 0.6) is 5.75 Å². The number of ether oxygens (including phenoxy) is 1. The number of carbonyl (C=O) groups excluding carboxylic acids is 1. The number of pyridine rings is 1. The monoisotopic (exact) mass is 558 g/mol. The first kappa shape index (κ1) is 28.2. The summed E-state index contributed by atoms with van der Waals surface area (Å²) in [6.45, 7) is 2.32. The van der Waals surface area contributed by atoms with Crippen molar-refractivity contribution in [3.63, 3.8) is 0 Å². The Bertz CT molecular complexity index is 1460. The van der Waals surface area contributed by atoms with E-state index in [9.17, 15) is 18.0 Å². The van der Waals surface area contributed by atoms with E-state index in [2.05, 4.69) is 42.3 Å². The zero-order valence-corrected chi connectivity index (χ0v) is 21.4. The van der Waals surface area contributed by atoms with Crippen LogP contribution in [0.1, 0.15) is 22.2 Å². The minimum atomic E-state index is -5.08. The van der Waals surface area contributed by atoms with Crippen LogP contribution in [-0.4, -0.2) is 86.4 Å². The summed E-state index contributed by atoms with van der Waals surface area (Å²) in [5.41, 5.74) is 1.89. The summed E-state index contributed by atoms with van der Waals surface area (Å²) in [7, 11) is 3.67. The van der Waals surface area contributed by atoms with E-state index in [0.29, 0.717) is 29.4 Å². The van der Waals surface area contributed by atoms with Gasteiger partial charge in [0.2, 0.25) is 5.95 Å². The molecule has 3 aromatic heterocycles. The van der Waals surface area contributed by atoms with Gasteiger partial charge in [-0.1, -0.05) is 0 Å². The van der Waals surface area contributed by atoms with Gasteiger partial charge < -0.3 is 20.1 Å². The summed E-state index contributed by atoms with van der Waals surface area (Å²) < 4.78 is 38.8. The Kier molecular flexibility index (Phi) is 8.43. The van der Waals surface area contributed by atoms with Crippen LogP contribution >= 0.6 is 0 Å². The number of amides is 1. The summed E-state index contributed by atoms with van der Waals surface area (Å²) in [5, 5.41) is 18.8. The normalized spacial score (nSPS) is 15.7. The number of likely N-dealkylation sites (N-methyl/N-ethyl adjacent to an activating group) is 1. The van der Waals surface area contributed by atoms with Crippen molar-refractivity contribution in [2.24, 2.45) is 0 Å². The second kappa shape index (κ2) is 11.9. The third-order valence-electron chi connectivity index (χ3n) is 6.06. The van der Waals surface area contributed by atoms with E-state index in [1.54, 1.807) is 62.1 Å². The summed E-state index contributed by atoms with van der Waals surface area (Å²) in [4.78, 5) is 34.9. The Labute approximate surface area is 226 Å². The molecule has 2 N–H and O–H groups in total. The number of fused-ring (bicyclic) bond motifs is 1. The first-order valence-electron chi connectivity index (χ1n) is 11.9. The summed E-state index contributed by atoms with van der Waals surface area (Å²) in [6, 6.07) is 12.5. The molecule has 0 spiro atoms. The molecule has 15 heteroatoms. The van der Waals surface area contributed by atoms with Gasteiger partial charge in [-0.05, 0) is 49.5 Å². The topological polar surface area (TPSA) is 138 Å². The van der Waals surface area contributed by atoms with E-state index in [1.165, 1.54) is 0 Å². The van der Waals surface area contributed by atoms with Crippen molar-refractivity contribution in [2.75, 3.05) is 44.0 Å². The Morgan fingerprint density at radius 1 is 1.05 bits per heavy atom. The number of hydrogen-bond acceptors (Lipinski definition) is 9. The van der Waals surface area contributed by atoms with Crippen LogP contribution in [0.3, 0.4) is 0 Å². The summed E-state index contributed by atoms with van der Waals surface area (Å²) in [6.07, 6.45) is 0.195. The van der Waals surface area contributed by atoms with Crippen LogP contribution in [0.2, 0.25) is 0 Å². The Morgan fingerprint density at radius 2 is 1.73 bits per heavy atom. The van der Waals surface area contributed by atoms with Crippen LogP contribution in [0.15, 0.2) is 61.1 Å². The molecule has 1 amide bonds. The second-order valence-electron chi connectivity index (χ2n) is 8.68. The van der Waals surface area contributed by atoms with Crippen molar-refractivity contribution in [1.29, 1.82) is 0 Å². The highest BCUT2D eigenvalue weighted by Crippen LogP contribution is 2.25. The Morgan fingerprint density at radius 3 is 2.35 bits per heavy atom. The number of methoxy groups -OCH3 is 1. The number of benzene rings is 1. The van der Waals surface area contributed by atoms with Crippen molar-refractivity contribution in [1.82, 2.24) is 29.5 Å². The third kappa shape index (κ3) is 6.61. The fourth-order valence-corrected chi connectivity index (χ4v) is 3.94. The molecule has 4 heterocycles. The molecule has 1 saturated heterocycles. The molecule has 1 atom stereocenters. The number of aliphatic carboxylic acids is 1. The van der Waals surface area contributed by atoms with E-state index in [0.717, 1.165) is 24.7 Å². The molecule has 0 bridgehead atoms. The number of nitrogens with one attached hydrogen (secondary N) is 1. The summed E-state index contributed by atoms with van der Waals surface area (Å²) >= 11 is 0. The number of halogens is 3. The molecule has 4 aromatic rings. The van der Waals surface area contributed by atoms with Crippen molar-refractivity contribution in [2.45, 2.75) is 12.2 Å². The highest BCUT2D eigenvalue weighted by Gasteiger charge is 2.38. The number of anilines is 2. The molecular formula is C25H25F3N8O4. The summed E-state index contributed by atoms with van der Waals surface area (Å²) in [5.74, 6) is -0.767. The number of rotatable bonds is 5. The minimum Gasteiger partial charge on any atom is -0.497 e. The van der Waals surface area contributed by atoms with E-state index in [-0.39, 0.29) is 11.9 Å². The van der Waals surface area contributed by atoms with Crippen molar-refractivity contribution in [3.8, 4) is 5.75 Å². The van der Waals surface area contributed by atoms with Gasteiger partial charge in [-0.3, -0.25) is 14.1 Å². The fraction of sp³-hybridized carbons (Fsp3) is 0.280. The first-order chi connectivity index (χ1) is 19.1. The maximum Gasteiger partial charge on any atom is 0.490 e. The molecule has 5 rings (SSSR count). The molecule has 0 radical (unpaired) electrons. The van der Waals surface area contributed by atoms with Crippen molar-refractivity contribution >= 4 is 29.2 Å². The van der Waals surface area contributed by atoms with Gasteiger partial charge in [0.05, 0.1) is 18.7 Å². The van der Waals surface area contributed by atoms with Gasteiger partial charge in [0.1, 0.15) is 5.75 Å². The van der Waals surface area contributed by atoms with Gasteiger partial charge in [-0.25, -0.2) is 14.8 Å². The van der Waals surface area contributed by atoms with E-state index < -0.39 is 12.1 Å². The number of nitrogens with zero attached hydrogens (tertiary/aromatic N) is 7. The average Bonchev–Trinajstić information content (AvgIpc) is 3.37. The van der Waals surface area contributed by atoms with Crippen LogP contribution < -0.4 is 15.0 Å². The Hall–Kier alpha value is -4.79. The predicted octanol–water partition coefficient (Wildman–Crippen LogP) is 2.91. The molecule has 1 fully saturated rings. The van der Waals surface area contributed by atoms with Crippen molar-refractivity contribution < 1.29 is 32.6 Å². The lowest BCUT2D eigenvalue weighted by Gasteiger charge is -2.38. The predicted molar refractivity (Wildman–Crippen MR) is 137 cm³/mol. The quantitative estimate of drug-likeness (QED) is 0.376. The van der Waals surface area contributed by atoms with Gasteiger partial charge in [0.15, 0.2) is 11.5 Å². The van der Waals surface area contributed by atoms with Gasteiger partial charge in [0, 0.05) is 43.9 Å². The van der Waals surface area contributed by atoms with E-state index in [4.69, 9.17) is 14.6 Å². The standard InChI is InChI=1S/C23H24N8O2.C2HF3O2/c1-29-12-13-30(23-24-10-3-11-25-23)15-19(29)21-28-27-20-9-4-16(14-31(20)21)22(32)26-17-5-7-18(33-2)8-6-17;3-2(4,5)1(6)7/h3-11,14,19H,12-13,15H2,1-2H3,(H,26,32);(H,6,7). The smallest absolute Gasteiger partial charge is 0.490 e. The number of carboxylic acids is 1. The number of hydrogen-bond donors (Lipinski definition) is 2. The number of carboxylic acid groups (broad SMARTS) is 1. The molecule has 0 aliphatic carbocycles. The van der Waals surface area contributed by atoms with E-state index in [1.807, 2.05) is 10.5 Å². The first-order valence-corrected chi connectivity index (χ1v) is 11.9. The third-order valence-corrected chi connectivity index (χ3v) is 6.06. The van der Waals surface area contributed by atoms with Crippen LogP contribution in [0.4, 0.5) is 24.8 Å². The van der Waals surface area contributed by atoms with Gasteiger partial charge >= 0.3 is 12.1 Å². The lowest BCUT2D eigenvalue weighted by molar-refractivity contribution is -0.192. The second-order valence-corrected chi connectivity index (χ2v) is 8.68. The average molecular weight is 559 g/mol. The molecule has 1 aliphatic rings. The highest BCUT2D eigenvalue weighted by atomic mass is 19.4. The van der Waals surface area contributed by atoms with Crippen LogP contribution in [0, 0.1) is 0 Å². The maximum absolute atomic E-state index is 12.9. The number of aromatic nitrogens is 5. The van der Waals surface area contributed by atoms with Crippen LogP contribution in [0.25, 0.3) is 5.65 Å². The molecular weight excluding hydrogens is 533 g/mol. The Balaban J connectivity index is 0.000000470. The number of alkyl halides is 3. The van der Waals surface area contributed by atoms with Gasteiger partial charge in [-0.2, -0.15) is 13.2 Å². The lowest BCUT2D eigenvalue weighted by Crippen LogP contribution is -2.47. The number of piperazine rings is 1. The van der Waals surface area contributed by atoms with E-state index >= 15 is 0 Å². The molecule has 210 valence electrons. The zero-order chi connectivity index (χ0) is 28.9. The van der Waals surface area contributed by atoms with Gasteiger partial charge in [-0.15, -0.1) is 10.2 Å². The molecule has 1 aromatic carbocycles. The SMILES string of the molecule is COc1ccc(NC(=O)c2ccc3nnc(C4CN(c5ncccn5)CCN4C)n3c2)cc1.O=C(O)C(F)(F)F. The molecule has 40 heavy (non-hydrogen) atoms. The maximum atomic E-state index is 12.9. The molecule has 0 saturated carbocycles. The zero-order valence-electron chi connectivity index (χ0n) is 21.4. The fourth-order valence-electron chi connectivity index (χ4n) is 3.94. The van der Waals surface area contributed by atoms with Crippen molar-refractivity contribution in [3.05, 3.63) is 72.4 Å². The molecule has 12 nitrogen and oxygen atoms in total.